The Morgan fingerprint density at radius 3 is 2.50 bits per heavy atom. The van der Waals surface area contributed by atoms with Crippen molar-refractivity contribution in [2.45, 2.75) is 12.3 Å². The number of aromatic nitrogens is 2. The molecule has 2 heterocycles. The second-order valence-corrected chi connectivity index (χ2v) is 6.64. The Hall–Kier alpha value is -3.15. The number of hydrogen-bond acceptors (Lipinski definition) is 5. The molecule has 6 heteroatoms. The van der Waals surface area contributed by atoms with E-state index in [-0.39, 0.29) is 11.8 Å². The summed E-state index contributed by atoms with van der Waals surface area (Å²) in [5, 5.41) is 4.10. The van der Waals surface area contributed by atoms with E-state index in [0.29, 0.717) is 24.7 Å². The van der Waals surface area contributed by atoms with E-state index in [4.69, 9.17) is 4.52 Å². The predicted molar refractivity (Wildman–Crippen MR) is 100 cm³/mol. The average Bonchev–Trinajstić information content (AvgIpc) is 3.29. The summed E-state index contributed by atoms with van der Waals surface area (Å²) in [5.74, 6) is 1.07. The van der Waals surface area contributed by atoms with E-state index >= 15 is 0 Å². The van der Waals surface area contributed by atoms with Gasteiger partial charge in [-0.1, -0.05) is 23.4 Å². The first-order chi connectivity index (χ1) is 12.6. The van der Waals surface area contributed by atoms with Crippen molar-refractivity contribution >= 4 is 17.3 Å². The first-order valence-corrected chi connectivity index (χ1v) is 8.58. The number of hydrogen-bond donors (Lipinski definition) is 0. The van der Waals surface area contributed by atoms with Crippen LogP contribution in [0.2, 0.25) is 0 Å². The van der Waals surface area contributed by atoms with Gasteiger partial charge in [0.05, 0.1) is 5.92 Å². The molecule has 0 spiro atoms. The van der Waals surface area contributed by atoms with Gasteiger partial charge in [-0.2, -0.15) is 4.98 Å². The highest BCUT2D eigenvalue weighted by molar-refractivity contribution is 5.96. The number of nitrogens with zero attached hydrogens (tertiary/aromatic N) is 4. The zero-order valence-corrected chi connectivity index (χ0v) is 14.8. The maximum Gasteiger partial charge on any atom is 0.232 e. The second kappa shape index (κ2) is 6.63. The zero-order chi connectivity index (χ0) is 18.1. The Labute approximate surface area is 152 Å². The van der Waals surface area contributed by atoms with Crippen molar-refractivity contribution in [3.05, 3.63) is 60.5 Å². The Balaban J connectivity index is 1.52. The molecular weight excluding hydrogens is 328 g/mol. The minimum Gasteiger partial charge on any atom is -0.378 e. The number of carbonyl (C=O) groups excluding carboxylic acids is 1. The molecule has 1 aromatic heterocycles. The zero-order valence-electron chi connectivity index (χ0n) is 14.8. The Morgan fingerprint density at radius 2 is 1.81 bits per heavy atom. The minimum atomic E-state index is -0.0787. The largest absolute Gasteiger partial charge is 0.378 e. The minimum absolute atomic E-state index is 0.0787. The summed E-state index contributed by atoms with van der Waals surface area (Å²) >= 11 is 0. The summed E-state index contributed by atoms with van der Waals surface area (Å²) in [6.07, 6.45) is 0.385. The van der Waals surface area contributed by atoms with Gasteiger partial charge in [-0.05, 0) is 36.4 Å². The third-order valence-corrected chi connectivity index (χ3v) is 4.63. The molecule has 26 heavy (non-hydrogen) atoms. The lowest BCUT2D eigenvalue weighted by Crippen LogP contribution is -2.24. The van der Waals surface area contributed by atoms with E-state index in [1.54, 1.807) is 4.90 Å². The molecule has 3 aromatic rings. The molecule has 1 saturated heterocycles. The van der Waals surface area contributed by atoms with Gasteiger partial charge >= 0.3 is 0 Å². The number of anilines is 2. The summed E-state index contributed by atoms with van der Waals surface area (Å²) in [7, 11) is 3.99. The van der Waals surface area contributed by atoms with Gasteiger partial charge in [-0.15, -0.1) is 0 Å². The van der Waals surface area contributed by atoms with Crippen molar-refractivity contribution in [2.24, 2.45) is 0 Å². The molecule has 1 aliphatic rings. The third kappa shape index (κ3) is 3.06. The van der Waals surface area contributed by atoms with E-state index in [0.717, 1.165) is 16.9 Å². The number of benzene rings is 2. The molecule has 6 nitrogen and oxygen atoms in total. The molecule has 2 aromatic carbocycles. The van der Waals surface area contributed by atoms with Crippen molar-refractivity contribution < 1.29 is 9.32 Å². The Morgan fingerprint density at radius 1 is 1.08 bits per heavy atom. The molecule has 4 rings (SSSR count). The molecule has 1 atom stereocenters. The highest BCUT2D eigenvalue weighted by atomic mass is 16.5. The van der Waals surface area contributed by atoms with Gasteiger partial charge in [-0.25, -0.2) is 0 Å². The van der Waals surface area contributed by atoms with Crippen molar-refractivity contribution in [3.8, 4) is 11.4 Å². The Bertz CT molecular complexity index is 903. The van der Waals surface area contributed by atoms with Gasteiger partial charge in [-0.3, -0.25) is 4.79 Å². The maximum absolute atomic E-state index is 12.4. The molecule has 132 valence electrons. The summed E-state index contributed by atoms with van der Waals surface area (Å²) < 4.78 is 5.46. The highest BCUT2D eigenvalue weighted by Gasteiger charge is 2.35. The fourth-order valence-corrected chi connectivity index (χ4v) is 3.16. The monoisotopic (exact) mass is 348 g/mol. The van der Waals surface area contributed by atoms with E-state index in [1.807, 2.05) is 73.6 Å². The van der Waals surface area contributed by atoms with Crippen LogP contribution in [0.3, 0.4) is 0 Å². The normalized spacial score (nSPS) is 16.9. The van der Waals surface area contributed by atoms with Crippen LogP contribution in [-0.4, -0.2) is 36.7 Å². The van der Waals surface area contributed by atoms with E-state index in [2.05, 4.69) is 10.1 Å². The summed E-state index contributed by atoms with van der Waals surface area (Å²) in [4.78, 5) is 20.7. The van der Waals surface area contributed by atoms with E-state index in [1.165, 1.54) is 0 Å². The average molecular weight is 348 g/mol. The molecule has 0 radical (unpaired) electrons. The third-order valence-electron chi connectivity index (χ3n) is 4.63. The molecule has 0 N–H and O–H groups in total. The summed E-state index contributed by atoms with van der Waals surface area (Å²) in [5.41, 5.74) is 2.91. The molecule has 1 unspecified atom stereocenters. The number of rotatable bonds is 4. The topological polar surface area (TPSA) is 62.5 Å². The van der Waals surface area contributed by atoms with Crippen LogP contribution in [-0.2, 0) is 4.79 Å². The SMILES string of the molecule is CN(C)c1ccc(-c2noc(C3CC(=O)N(c4ccccc4)C3)n2)cc1. The van der Waals surface area contributed by atoms with Gasteiger partial charge < -0.3 is 14.3 Å². The van der Waals surface area contributed by atoms with Gasteiger partial charge in [0, 0.05) is 44.0 Å². The lowest BCUT2D eigenvalue weighted by atomic mass is 10.1. The molecule has 0 aliphatic carbocycles. The number of amides is 1. The molecule has 1 fully saturated rings. The van der Waals surface area contributed by atoms with Crippen LogP contribution in [0.1, 0.15) is 18.2 Å². The summed E-state index contributed by atoms with van der Waals surface area (Å²) in [6.45, 7) is 0.560. The van der Waals surface area contributed by atoms with Crippen LogP contribution in [0.15, 0.2) is 59.1 Å². The van der Waals surface area contributed by atoms with E-state index in [9.17, 15) is 4.79 Å². The van der Waals surface area contributed by atoms with Crippen LogP contribution in [0, 0.1) is 0 Å². The fourth-order valence-electron chi connectivity index (χ4n) is 3.16. The van der Waals surface area contributed by atoms with Crippen molar-refractivity contribution in [1.82, 2.24) is 10.1 Å². The first-order valence-electron chi connectivity index (χ1n) is 8.58. The quantitative estimate of drug-likeness (QED) is 0.724. The van der Waals surface area contributed by atoms with Crippen LogP contribution < -0.4 is 9.80 Å². The molecule has 1 amide bonds. The lowest BCUT2D eigenvalue weighted by Gasteiger charge is -2.15. The van der Waals surface area contributed by atoms with Gasteiger partial charge in [0.15, 0.2) is 0 Å². The summed E-state index contributed by atoms with van der Waals surface area (Å²) in [6, 6.07) is 17.6. The van der Waals surface area contributed by atoms with Crippen LogP contribution in [0.4, 0.5) is 11.4 Å². The smallest absolute Gasteiger partial charge is 0.232 e. The van der Waals surface area contributed by atoms with Crippen molar-refractivity contribution in [1.29, 1.82) is 0 Å². The highest BCUT2D eigenvalue weighted by Crippen LogP contribution is 2.32. The van der Waals surface area contributed by atoms with Crippen LogP contribution in [0.5, 0.6) is 0 Å². The second-order valence-electron chi connectivity index (χ2n) is 6.64. The number of carbonyl (C=O) groups is 1. The van der Waals surface area contributed by atoms with Gasteiger partial charge in [0.1, 0.15) is 0 Å². The van der Waals surface area contributed by atoms with Crippen LogP contribution >= 0.6 is 0 Å². The van der Waals surface area contributed by atoms with Crippen molar-refractivity contribution in [3.63, 3.8) is 0 Å². The predicted octanol–water partition coefficient (Wildman–Crippen LogP) is 3.32. The molecular formula is C20H20N4O2. The van der Waals surface area contributed by atoms with Gasteiger partial charge in [0.25, 0.3) is 0 Å². The Kier molecular flexibility index (Phi) is 4.16. The number of para-hydroxylation sites is 1. The standard InChI is InChI=1S/C20H20N4O2/c1-23(2)16-10-8-14(9-11-16)19-21-20(26-22-19)15-12-18(25)24(13-15)17-6-4-3-5-7-17/h3-11,15H,12-13H2,1-2H3. The lowest BCUT2D eigenvalue weighted by molar-refractivity contribution is -0.117. The molecule has 1 aliphatic heterocycles. The molecule has 0 saturated carbocycles. The first kappa shape index (κ1) is 16.3. The fraction of sp³-hybridized carbons (Fsp3) is 0.250. The van der Waals surface area contributed by atoms with Gasteiger partial charge in [0.2, 0.25) is 17.6 Å². The van der Waals surface area contributed by atoms with Crippen molar-refractivity contribution in [2.75, 3.05) is 30.4 Å². The molecule has 0 bridgehead atoms. The van der Waals surface area contributed by atoms with E-state index < -0.39 is 0 Å². The maximum atomic E-state index is 12.4. The van der Waals surface area contributed by atoms with Crippen LogP contribution in [0.25, 0.3) is 11.4 Å².